The number of unbranched alkanes of at least 4 members (excludes halogenated alkanes) is 1. The van der Waals surface area contributed by atoms with Crippen LogP contribution in [0.4, 0.5) is 5.69 Å². The summed E-state index contributed by atoms with van der Waals surface area (Å²) in [4.78, 5) is 82.6. The molecule has 67 heavy (non-hydrogen) atoms. The number of carbonyl (C=O) groups excluding carboxylic acids is 6. The zero-order chi connectivity index (χ0) is 50.0. The number of esters is 4. The van der Waals surface area contributed by atoms with Gasteiger partial charge in [-0.1, -0.05) is 106 Å². The maximum Gasteiger partial charge on any atom is 0.311 e. The fourth-order valence-electron chi connectivity index (χ4n) is 7.66. The van der Waals surface area contributed by atoms with E-state index in [0.717, 1.165) is 15.3 Å². The monoisotopic (exact) mass is 944 g/mol. The molecule has 0 radical (unpaired) electrons. The van der Waals surface area contributed by atoms with Crippen molar-refractivity contribution < 1.29 is 56.9 Å². The Morgan fingerprint density at radius 1 is 0.701 bits per heavy atom. The van der Waals surface area contributed by atoms with E-state index < -0.39 is 84.9 Å². The Kier molecular flexibility index (Phi) is 18.3. The molecule has 366 valence electrons. The lowest BCUT2D eigenvalue weighted by atomic mass is 9.94. The van der Waals surface area contributed by atoms with E-state index in [4.69, 9.17) is 28.1 Å². The molecule has 1 saturated heterocycles. The lowest BCUT2D eigenvalue weighted by molar-refractivity contribution is -0.256. The molecule has 0 unspecified atom stereocenters. The predicted molar refractivity (Wildman–Crippen MR) is 257 cm³/mol. The molecule has 0 bridgehead atoms. The average Bonchev–Trinajstić information content (AvgIpc) is 3.25. The van der Waals surface area contributed by atoms with Gasteiger partial charge in [-0.05, 0) is 96.6 Å². The highest BCUT2D eigenvalue weighted by molar-refractivity contribution is 6.99. The second kappa shape index (κ2) is 22.6. The first-order chi connectivity index (χ1) is 31.3. The van der Waals surface area contributed by atoms with Gasteiger partial charge in [0, 0.05) is 17.7 Å². The molecular weight excluding hydrogens is 873 g/mol. The number of anilines is 1. The molecule has 1 heterocycles. The minimum atomic E-state index is -3.02. The molecule has 1 N–H and O–H groups in total. The summed E-state index contributed by atoms with van der Waals surface area (Å²) < 4.78 is 36.5. The molecule has 2 amide bonds. The molecule has 0 saturated carbocycles. The molecule has 1 aliphatic rings. The third kappa shape index (κ3) is 13.9. The number of nitrogens with zero attached hydrogens (tertiary/aromatic N) is 1. The standard InChI is InChI=1S/C52H72N2O12Si/c1-49(2,3)46(58)64-40-33-62-45(43(66-48(60)51(7,8)9)42(40)65-47(59)50(4,5)6)54(34-55)39(30-22-23-31-41(56)61-13)44(57)53-38-29-21-20-24-35(38)32-63-67(52(10,11)12,36-25-16-14-17-26-36)37-27-18-15-19-28-37/h14-21,24-29,34,39-40,42-43,45H,22-23,30-33H2,1-13H3,(H,53,57)/t39-,40+,42+,43-,45-/m0/s1. The maximum absolute atomic E-state index is 14.9. The van der Waals surface area contributed by atoms with Crippen LogP contribution in [-0.4, -0.2) is 93.7 Å². The summed E-state index contributed by atoms with van der Waals surface area (Å²) >= 11 is 0. The fourth-order valence-corrected chi connectivity index (χ4v) is 12.2. The van der Waals surface area contributed by atoms with Crippen LogP contribution in [0, 0.1) is 16.2 Å². The van der Waals surface area contributed by atoms with Gasteiger partial charge in [0.25, 0.3) is 8.32 Å². The minimum absolute atomic E-state index is 0.0248. The Morgan fingerprint density at radius 3 is 1.69 bits per heavy atom. The largest absolute Gasteiger partial charge is 0.469 e. The topological polar surface area (TPSA) is 173 Å². The van der Waals surface area contributed by atoms with Crippen molar-refractivity contribution in [1.29, 1.82) is 0 Å². The van der Waals surface area contributed by atoms with Gasteiger partial charge in [0.1, 0.15) is 6.04 Å². The summed E-state index contributed by atoms with van der Waals surface area (Å²) in [5.41, 5.74) is -2.01. The second-order valence-electron chi connectivity index (χ2n) is 21.1. The van der Waals surface area contributed by atoms with Crippen molar-refractivity contribution in [3.63, 3.8) is 0 Å². The first-order valence-corrected chi connectivity index (χ1v) is 24.8. The number of rotatable bonds is 18. The number of hydrogen-bond acceptors (Lipinski definition) is 12. The predicted octanol–water partition coefficient (Wildman–Crippen LogP) is 7.49. The number of benzene rings is 3. The minimum Gasteiger partial charge on any atom is -0.469 e. The van der Waals surface area contributed by atoms with Crippen molar-refractivity contribution in [3.05, 3.63) is 90.5 Å². The Bertz CT molecular complexity index is 2120. The van der Waals surface area contributed by atoms with Gasteiger partial charge < -0.3 is 38.3 Å². The van der Waals surface area contributed by atoms with Gasteiger partial charge in [0.05, 0.1) is 36.6 Å². The molecule has 4 rings (SSSR count). The van der Waals surface area contributed by atoms with E-state index >= 15 is 0 Å². The van der Waals surface area contributed by atoms with Gasteiger partial charge in [0.2, 0.25) is 12.3 Å². The molecule has 0 aliphatic carbocycles. The SMILES string of the molecule is COC(=O)CCCC[C@@H](C(=O)Nc1ccccc1CO[Si](c1ccccc1)(c1ccccc1)C(C)(C)C)N(C=O)[C@H]1OC[C@@H](OC(=O)C(C)(C)C)[C@@H](OC(=O)C(C)(C)C)[C@@H]1OC(=O)C(C)(C)C. The highest BCUT2D eigenvalue weighted by Gasteiger charge is 2.54. The van der Waals surface area contributed by atoms with Gasteiger partial charge in [0.15, 0.2) is 24.5 Å². The molecule has 5 atom stereocenters. The Balaban J connectivity index is 1.80. The van der Waals surface area contributed by atoms with Crippen LogP contribution >= 0.6 is 0 Å². The zero-order valence-corrected chi connectivity index (χ0v) is 42.6. The first kappa shape index (κ1) is 54.2. The van der Waals surface area contributed by atoms with Crippen LogP contribution in [0.1, 0.15) is 114 Å². The van der Waals surface area contributed by atoms with Gasteiger partial charge in [-0.3, -0.25) is 28.8 Å². The van der Waals surface area contributed by atoms with E-state index in [9.17, 15) is 28.8 Å². The summed E-state index contributed by atoms with van der Waals surface area (Å²) in [6, 6.07) is 26.3. The van der Waals surface area contributed by atoms with E-state index in [2.05, 4.69) is 50.4 Å². The number of carbonyl (C=O) groups is 6. The molecule has 14 nitrogen and oxygen atoms in total. The van der Waals surface area contributed by atoms with E-state index in [0.29, 0.717) is 24.1 Å². The van der Waals surface area contributed by atoms with Gasteiger partial charge in [-0.25, -0.2) is 0 Å². The average molecular weight is 945 g/mol. The maximum atomic E-state index is 14.9. The number of amides is 2. The first-order valence-electron chi connectivity index (χ1n) is 22.9. The van der Waals surface area contributed by atoms with Crippen LogP contribution in [0.15, 0.2) is 84.9 Å². The van der Waals surface area contributed by atoms with Crippen LogP contribution in [0.3, 0.4) is 0 Å². The molecule has 3 aromatic carbocycles. The Labute approximate surface area is 397 Å². The number of nitrogens with one attached hydrogen (secondary N) is 1. The summed E-state index contributed by atoms with van der Waals surface area (Å²) in [5, 5.41) is 4.90. The number of methoxy groups -OCH3 is 1. The summed E-state index contributed by atoms with van der Waals surface area (Å²) in [7, 11) is -1.73. The van der Waals surface area contributed by atoms with Crippen LogP contribution in [-0.2, 0) is 63.5 Å². The van der Waals surface area contributed by atoms with Crippen molar-refractivity contribution in [1.82, 2.24) is 4.90 Å². The Hall–Kier alpha value is -5.38. The normalized spacial score (nSPS) is 18.5. The molecule has 1 aliphatic heterocycles. The van der Waals surface area contributed by atoms with E-state index in [1.165, 1.54) is 7.11 Å². The van der Waals surface area contributed by atoms with E-state index in [1.807, 2.05) is 48.5 Å². The van der Waals surface area contributed by atoms with Crippen LogP contribution < -0.4 is 15.7 Å². The number of para-hydroxylation sites is 1. The van der Waals surface area contributed by atoms with E-state index in [-0.39, 0.29) is 37.5 Å². The highest BCUT2D eigenvalue weighted by Crippen LogP contribution is 2.38. The van der Waals surface area contributed by atoms with Gasteiger partial charge in [-0.15, -0.1) is 0 Å². The van der Waals surface area contributed by atoms with Crippen molar-refractivity contribution in [2.75, 3.05) is 19.0 Å². The van der Waals surface area contributed by atoms with Crippen molar-refractivity contribution in [2.24, 2.45) is 16.2 Å². The second-order valence-corrected chi connectivity index (χ2v) is 25.5. The zero-order valence-electron chi connectivity index (χ0n) is 41.6. The quantitative estimate of drug-likeness (QED) is 0.0439. The van der Waals surface area contributed by atoms with Gasteiger partial charge in [-0.2, -0.15) is 0 Å². The molecule has 0 spiro atoms. The lowest BCUT2D eigenvalue weighted by Crippen LogP contribution is -2.66. The van der Waals surface area contributed by atoms with Crippen LogP contribution in [0.25, 0.3) is 0 Å². The van der Waals surface area contributed by atoms with Crippen molar-refractivity contribution in [3.8, 4) is 0 Å². The summed E-state index contributed by atoms with van der Waals surface area (Å²) in [6.07, 6.45) is -4.72. The molecule has 0 aromatic heterocycles. The van der Waals surface area contributed by atoms with Crippen LogP contribution in [0.2, 0.25) is 5.04 Å². The molecule has 15 heteroatoms. The molecule has 3 aromatic rings. The summed E-state index contributed by atoms with van der Waals surface area (Å²) in [5.74, 6) is -3.11. The number of hydrogen-bond donors (Lipinski definition) is 1. The highest BCUT2D eigenvalue weighted by atomic mass is 28.4. The molecular formula is C52H72N2O12Si. The fraction of sp³-hybridized carbons (Fsp3) is 0.538. The third-order valence-corrected chi connectivity index (χ3v) is 16.5. The third-order valence-electron chi connectivity index (χ3n) is 11.5. The van der Waals surface area contributed by atoms with Crippen LogP contribution in [0.5, 0.6) is 0 Å². The van der Waals surface area contributed by atoms with Crippen molar-refractivity contribution in [2.45, 2.75) is 151 Å². The molecule has 1 fully saturated rings. The van der Waals surface area contributed by atoms with Gasteiger partial charge >= 0.3 is 23.9 Å². The van der Waals surface area contributed by atoms with Crippen molar-refractivity contribution >= 4 is 60.6 Å². The Morgan fingerprint density at radius 2 is 1.19 bits per heavy atom. The number of ether oxygens (including phenoxy) is 5. The van der Waals surface area contributed by atoms with E-state index in [1.54, 1.807) is 74.4 Å². The smallest absolute Gasteiger partial charge is 0.311 e. The summed E-state index contributed by atoms with van der Waals surface area (Å²) in [6.45, 7) is 21.1. The lowest BCUT2D eigenvalue weighted by Gasteiger charge is -2.46.